The molecule has 3 aromatic carbocycles. The van der Waals surface area contributed by atoms with Gasteiger partial charge in [0.15, 0.2) is 18.2 Å². The molecule has 10 atom stereocenters. The number of aliphatic hydroxyl groups is 5. The lowest BCUT2D eigenvalue weighted by molar-refractivity contribution is -0.355. The number of ether oxygens (including phenoxy) is 5. The summed E-state index contributed by atoms with van der Waals surface area (Å²) in [5.41, 5.74) is -0.454. The Morgan fingerprint density at radius 1 is 0.774 bits per heavy atom. The molecule has 1 aromatic heterocycles. The van der Waals surface area contributed by atoms with Crippen molar-refractivity contribution in [2.75, 3.05) is 6.61 Å². The van der Waals surface area contributed by atoms with Crippen LogP contribution in [0.3, 0.4) is 0 Å². The zero-order valence-electron chi connectivity index (χ0n) is 27.7. The number of phenolic OH excluding ortho intramolecular Hbond substituents is 4. The van der Waals surface area contributed by atoms with Crippen molar-refractivity contribution in [1.29, 1.82) is 0 Å². The highest BCUT2D eigenvalue weighted by molar-refractivity contribution is 5.88. The first kappa shape index (κ1) is 37.5. The molecule has 0 unspecified atom stereocenters. The maximum absolute atomic E-state index is 13.9. The van der Waals surface area contributed by atoms with Gasteiger partial charge in [-0.25, -0.2) is 4.79 Å². The Kier molecular flexibility index (Phi) is 10.9. The van der Waals surface area contributed by atoms with Crippen molar-refractivity contribution in [3.05, 3.63) is 82.5 Å². The Labute approximate surface area is 299 Å². The topological polar surface area (TPSA) is 275 Å². The Morgan fingerprint density at radius 3 is 2.11 bits per heavy atom. The second-order valence-corrected chi connectivity index (χ2v) is 12.5. The molecule has 3 heterocycles. The van der Waals surface area contributed by atoms with Crippen molar-refractivity contribution in [3.8, 4) is 40.1 Å². The molecule has 2 aliphatic heterocycles. The van der Waals surface area contributed by atoms with Crippen LogP contribution in [0.2, 0.25) is 0 Å². The van der Waals surface area contributed by atoms with Gasteiger partial charge in [-0.1, -0.05) is 12.1 Å². The molecule has 0 saturated carbocycles. The smallest absolute Gasteiger partial charge is 0.330 e. The van der Waals surface area contributed by atoms with Crippen LogP contribution in [0.25, 0.3) is 28.4 Å². The molecule has 9 N–H and O–H groups in total. The fourth-order valence-corrected chi connectivity index (χ4v) is 5.82. The number of esters is 1. The van der Waals surface area contributed by atoms with Gasteiger partial charge in [0, 0.05) is 23.8 Å². The first-order valence-electron chi connectivity index (χ1n) is 16.2. The molecule has 2 fully saturated rings. The fourth-order valence-electron chi connectivity index (χ4n) is 5.82. The molecule has 2 aliphatic rings. The third kappa shape index (κ3) is 7.92. The van der Waals surface area contributed by atoms with E-state index in [0.717, 1.165) is 18.2 Å². The van der Waals surface area contributed by atoms with Crippen LogP contribution >= 0.6 is 0 Å². The van der Waals surface area contributed by atoms with E-state index < -0.39 is 102 Å². The molecule has 53 heavy (non-hydrogen) atoms. The summed E-state index contributed by atoms with van der Waals surface area (Å²) in [6.45, 7) is 0.741. The first-order chi connectivity index (χ1) is 25.2. The summed E-state index contributed by atoms with van der Waals surface area (Å²) in [4.78, 5) is 26.3. The Balaban J connectivity index is 1.27. The van der Waals surface area contributed by atoms with Crippen LogP contribution in [0.1, 0.15) is 12.5 Å². The van der Waals surface area contributed by atoms with E-state index in [1.165, 1.54) is 49.4 Å². The summed E-state index contributed by atoms with van der Waals surface area (Å²) in [5.74, 6) is -2.90. The summed E-state index contributed by atoms with van der Waals surface area (Å²) in [6, 6.07) is 13.2. The van der Waals surface area contributed by atoms with Gasteiger partial charge < -0.3 is 74.1 Å². The standard InChI is InChI=1S/C36H36O17/c1-15-26(42)30(46)34(53-35-31(47)29(45)27(43)23(51-35)14-48-24(41)11-4-16-2-7-18(37)8-3-16)36(49-15)52-33-28(44)25-21(40)12-20(39)13-22(25)50-32(33)17-5-9-19(38)10-6-17/h2-13,15,23,26-27,29-31,34-40,42-43,45-47H,14H2,1H3/b11-4+/t15-,23+,26-,27+,29-,30+,31+,34-,35-,36-/m0/s1. The third-order valence-electron chi connectivity index (χ3n) is 8.72. The number of hydrogen-bond donors (Lipinski definition) is 9. The van der Waals surface area contributed by atoms with E-state index in [0.29, 0.717) is 5.56 Å². The van der Waals surface area contributed by atoms with Gasteiger partial charge >= 0.3 is 5.97 Å². The number of carbonyl (C=O) groups is 1. The summed E-state index contributed by atoms with van der Waals surface area (Å²) in [6.07, 6.45) is -14.8. The average molecular weight is 741 g/mol. The highest BCUT2D eigenvalue weighted by Gasteiger charge is 2.51. The van der Waals surface area contributed by atoms with Crippen molar-refractivity contribution in [1.82, 2.24) is 0 Å². The van der Waals surface area contributed by atoms with E-state index in [-0.39, 0.29) is 28.4 Å². The highest BCUT2D eigenvalue weighted by atomic mass is 16.8. The van der Waals surface area contributed by atoms with Crippen molar-refractivity contribution in [3.63, 3.8) is 0 Å². The number of fused-ring (bicyclic) bond motifs is 1. The molecule has 17 heteroatoms. The number of rotatable bonds is 9. The fraction of sp³-hybridized carbons (Fsp3) is 0.333. The maximum atomic E-state index is 13.9. The first-order valence-corrected chi connectivity index (χ1v) is 16.2. The molecule has 0 aliphatic carbocycles. The highest BCUT2D eigenvalue weighted by Crippen LogP contribution is 2.38. The monoisotopic (exact) mass is 740 g/mol. The SMILES string of the molecule is C[C@@H]1O[C@@H](Oc2c(-c3ccc(O)cc3)oc3cc(O)cc(O)c3c2=O)[C@@H](O[C@@H]2O[C@H](COC(=O)/C=C/c3ccc(O)cc3)[C@@H](O)[C@H](O)[C@H]2O)[C@H](O)[C@H]1O. The molecule has 0 bridgehead atoms. The van der Waals surface area contributed by atoms with E-state index in [1.54, 1.807) is 12.1 Å². The summed E-state index contributed by atoms with van der Waals surface area (Å²) >= 11 is 0. The summed E-state index contributed by atoms with van der Waals surface area (Å²) in [5, 5.41) is 93.4. The van der Waals surface area contributed by atoms with Crippen LogP contribution in [0.5, 0.6) is 28.7 Å². The minimum Gasteiger partial charge on any atom is -0.508 e. The second-order valence-electron chi connectivity index (χ2n) is 12.5. The van der Waals surface area contributed by atoms with Crippen molar-refractivity contribution in [2.24, 2.45) is 0 Å². The van der Waals surface area contributed by atoms with Crippen LogP contribution in [-0.4, -0.2) is 120 Å². The summed E-state index contributed by atoms with van der Waals surface area (Å²) in [7, 11) is 0. The molecule has 0 spiro atoms. The number of aromatic hydroxyl groups is 4. The van der Waals surface area contributed by atoms with E-state index in [9.17, 15) is 55.5 Å². The minimum atomic E-state index is -1.97. The number of phenols is 4. The Hall–Kier alpha value is -5.24. The number of aliphatic hydroxyl groups excluding tert-OH is 5. The lowest BCUT2D eigenvalue weighted by Gasteiger charge is -2.45. The summed E-state index contributed by atoms with van der Waals surface area (Å²) < 4.78 is 34.3. The van der Waals surface area contributed by atoms with Crippen LogP contribution in [0, 0.1) is 0 Å². The molecule has 282 valence electrons. The molecule has 4 aromatic rings. The normalized spacial score (nSPS) is 28.9. The Morgan fingerprint density at radius 2 is 1.43 bits per heavy atom. The van der Waals surface area contributed by atoms with Gasteiger partial charge in [-0.15, -0.1) is 0 Å². The zero-order valence-corrected chi connectivity index (χ0v) is 27.7. The zero-order chi connectivity index (χ0) is 38.1. The second kappa shape index (κ2) is 15.4. The van der Waals surface area contributed by atoms with E-state index in [2.05, 4.69) is 0 Å². The third-order valence-corrected chi connectivity index (χ3v) is 8.72. The van der Waals surface area contributed by atoms with Gasteiger partial charge in [0.05, 0.1) is 6.10 Å². The van der Waals surface area contributed by atoms with E-state index >= 15 is 0 Å². The molecular weight excluding hydrogens is 704 g/mol. The van der Waals surface area contributed by atoms with E-state index in [1.807, 2.05) is 0 Å². The van der Waals surface area contributed by atoms with Crippen molar-refractivity contribution in [2.45, 2.75) is 68.3 Å². The molecule has 0 amide bonds. The lowest BCUT2D eigenvalue weighted by atomic mass is 9.97. The average Bonchev–Trinajstić information content (AvgIpc) is 3.12. The number of benzene rings is 3. The maximum Gasteiger partial charge on any atom is 0.330 e. The molecular formula is C36H36O17. The van der Waals surface area contributed by atoms with Crippen LogP contribution in [-0.2, 0) is 23.7 Å². The number of carbonyl (C=O) groups excluding carboxylic acids is 1. The number of hydrogen-bond acceptors (Lipinski definition) is 17. The van der Waals surface area contributed by atoms with Gasteiger partial charge in [0.1, 0.15) is 77.2 Å². The quantitative estimate of drug-likeness (QED) is 0.0838. The van der Waals surface area contributed by atoms with Gasteiger partial charge in [-0.05, 0) is 55.0 Å². The largest absolute Gasteiger partial charge is 0.508 e. The van der Waals surface area contributed by atoms with Gasteiger partial charge in [-0.3, -0.25) is 4.79 Å². The Bertz CT molecular complexity index is 2010. The predicted octanol–water partition coefficient (Wildman–Crippen LogP) is 0.577. The predicted molar refractivity (Wildman–Crippen MR) is 180 cm³/mol. The van der Waals surface area contributed by atoms with Crippen LogP contribution in [0.4, 0.5) is 0 Å². The molecule has 0 radical (unpaired) electrons. The molecule has 2 saturated heterocycles. The van der Waals surface area contributed by atoms with Crippen LogP contribution < -0.4 is 10.2 Å². The van der Waals surface area contributed by atoms with Crippen molar-refractivity contribution >= 4 is 23.0 Å². The minimum absolute atomic E-state index is 0.0280. The molecule has 6 rings (SSSR count). The molecule has 17 nitrogen and oxygen atoms in total. The van der Waals surface area contributed by atoms with Gasteiger partial charge in [0.2, 0.25) is 17.5 Å². The lowest BCUT2D eigenvalue weighted by Crippen LogP contribution is -2.64. The van der Waals surface area contributed by atoms with Crippen LogP contribution in [0.15, 0.2) is 76.0 Å². The van der Waals surface area contributed by atoms with Gasteiger partial charge in [0.25, 0.3) is 0 Å². The van der Waals surface area contributed by atoms with Crippen molar-refractivity contribution < 1.29 is 78.9 Å². The van der Waals surface area contributed by atoms with E-state index in [4.69, 9.17) is 28.1 Å². The van der Waals surface area contributed by atoms with Gasteiger partial charge in [-0.2, -0.15) is 0 Å².